The average Bonchev–Trinajstić information content (AvgIpc) is 3.49. The molecule has 1 aliphatic heterocycles. The molecule has 0 amide bonds. The second-order valence-electron chi connectivity index (χ2n) is 8.57. The molecule has 6 rings (SSSR count). The second-order valence-corrected chi connectivity index (χ2v) is 8.57. The van der Waals surface area contributed by atoms with Crippen LogP contribution in [0.5, 0.6) is 11.5 Å². The van der Waals surface area contributed by atoms with E-state index >= 15 is 0 Å². The summed E-state index contributed by atoms with van der Waals surface area (Å²) in [7, 11) is 0. The molecule has 0 saturated heterocycles. The maximum absolute atomic E-state index is 13.7. The molecule has 2 aromatic carbocycles. The summed E-state index contributed by atoms with van der Waals surface area (Å²) >= 11 is 0. The average molecular weight is 421 g/mol. The molecule has 7 heteroatoms. The number of aromatic nitrogens is 2. The third-order valence-corrected chi connectivity index (χ3v) is 6.47. The number of hydrogen-bond acceptors (Lipinski definition) is 5. The molecule has 160 valence electrons. The van der Waals surface area contributed by atoms with Crippen LogP contribution in [-0.4, -0.2) is 35.3 Å². The highest BCUT2D eigenvalue weighted by Crippen LogP contribution is 2.40. The van der Waals surface area contributed by atoms with Crippen LogP contribution in [0.25, 0.3) is 22.0 Å². The van der Waals surface area contributed by atoms with Crippen LogP contribution in [0, 0.1) is 12.7 Å². The molecule has 6 nitrogen and oxygen atoms in total. The van der Waals surface area contributed by atoms with E-state index in [1.807, 2.05) is 31.3 Å². The van der Waals surface area contributed by atoms with Crippen molar-refractivity contribution in [3.05, 3.63) is 53.8 Å². The Balaban J connectivity index is 1.11. The molecule has 1 aliphatic carbocycles. The first-order chi connectivity index (χ1) is 15.1. The van der Waals surface area contributed by atoms with Gasteiger partial charge in [-0.2, -0.15) is 0 Å². The Kier molecular flexibility index (Phi) is 4.38. The third kappa shape index (κ3) is 3.33. The Labute approximate surface area is 178 Å². The molecule has 2 N–H and O–H groups in total. The quantitative estimate of drug-likeness (QED) is 0.494. The largest absolute Gasteiger partial charge is 0.486 e. The molecule has 3 atom stereocenters. The van der Waals surface area contributed by atoms with E-state index in [9.17, 15) is 4.39 Å². The SMILES string of the molecule is Cc1nc2ccc3c(c2o1)OC(CNC1CCC(c2c[nH]c4ccc(F)cc24)C1)CO3. The van der Waals surface area contributed by atoms with Gasteiger partial charge in [-0.15, -0.1) is 0 Å². The Morgan fingerprint density at radius 2 is 2.16 bits per heavy atom. The van der Waals surface area contributed by atoms with Crippen LogP contribution < -0.4 is 14.8 Å². The van der Waals surface area contributed by atoms with Gasteiger partial charge in [0.05, 0.1) is 0 Å². The van der Waals surface area contributed by atoms with Gasteiger partial charge >= 0.3 is 0 Å². The summed E-state index contributed by atoms with van der Waals surface area (Å²) in [5.41, 5.74) is 3.63. The standard InChI is InChI=1S/C24H24FN3O3/c1-13-28-21-6-7-22-24(23(21)30-13)31-17(12-29-22)10-26-16-4-2-14(8-16)19-11-27-20-5-3-15(25)9-18(19)20/h3,5-7,9,11,14,16-17,26-27H,2,4,8,10,12H2,1H3. The number of ether oxygens (including phenoxy) is 2. The summed E-state index contributed by atoms with van der Waals surface area (Å²) in [6.45, 7) is 3.02. The second kappa shape index (κ2) is 7.27. The van der Waals surface area contributed by atoms with Crippen LogP contribution in [0.15, 0.2) is 40.9 Å². The Morgan fingerprint density at radius 1 is 1.23 bits per heavy atom. The number of nitrogens with zero attached hydrogens (tertiary/aromatic N) is 1. The predicted molar refractivity (Wildman–Crippen MR) is 115 cm³/mol. The molecule has 3 unspecified atom stereocenters. The van der Waals surface area contributed by atoms with Gasteiger partial charge in [0.2, 0.25) is 11.3 Å². The Hall–Kier alpha value is -3.06. The van der Waals surface area contributed by atoms with Gasteiger partial charge in [0, 0.05) is 36.6 Å². The molecular weight excluding hydrogens is 397 g/mol. The molecule has 3 heterocycles. The molecule has 0 radical (unpaired) electrons. The van der Waals surface area contributed by atoms with Crippen molar-refractivity contribution in [3.8, 4) is 11.5 Å². The van der Waals surface area contributed by atoms with Crippen LogP contribution in [0.1, 0.15) is 36.6 Å². The first-order valence-corrected chi connectivity index (χ1v) is 10.8. The number of aromatic amines is 1. The van der Waals surface area contributed by atoms with Gasteiger partial charge in [0.25, 0.3) is 0 Å². The third-order valence-electron chi connectivity index (χ3n) is 6.47. The van der Waals surface area contributed by atoms with E-state index in [2.05, 4.69) is 15.3 Å². The monoisotopic (exact) mass is 421 g/mol. The maximum Gasteiger partial charge on any atom is 0.207 e. The molecule has 1 saturated carbocycles. The van der Waals surface area contributed by atoms with E-state index < -0.39 is 0 Å². The lowest BCUT2D eigenvalue weighted by Gasteiger charge is -2.27. The summed E-state index contributed by atoms with van der Waals surface area (Å²) in [4.78, 5) is 7.65. The number of nitrogens with one attached hydrogen (secondary N) is 2. The fourth-order valence-electron chi connectivity index (χ4n) is 4.97. The number of hydrogen-bond donors (Lipinski definition) is 2. The number of oxazole rings is 1. The van der Waals surface area contributed by atoms with Gasteiger partial charge in [-0.1, -0.05) is 0 Å². The van der Waals surface area contributed by atoms with Crippen molar-refractivity contribution < 1.29 is 18.3 Å². The van der Waals surface area contributed by atoms with Crippen molar-refractivity contribution in [1.82, 2.24) is 15.3 Å². The molecule has 0 spiro atoms. The van der Waals surface area contributed by atoms with Crippen LogP contribution in [0.3, 0.4) is 0 Å². The van der Waals surface area contributed by atoms with Gasteiger partial charge in [-0.3, -0.25) is 0 Å². The maximum atomic E-state index is 13.7. The van der Waals surface area contributed by atoms with Gasteiger partial charge in [0.15, 0.2) is 11.6 Å². The zero-order valence-corrected chi connectivity index (χ0v) is 17.3. The van der Waals surface area contributed by atoms with E-state index in [1.165, 1.54) is 11.6 Å². The minimum atomic E-state index is -0.188. The Bertz CT molecular complexity index is 1260. The topological polar surface area (TPSA) is 72.3 Å². The fourth-order valence-corrected chi connectivity index (χ4v) is 4.97. The lowest BCUT2D eigenvalue weighted by Crippen LogP contribution is -2.41. The minimum Gasteiger partial charge on any atom is -0.486 e. The number of fused-ring (bicyclic) bond motifs is 4. The molecule has 0 bridgehead atoms. The molecule has 2 aromatic heterocycles. The van der Waals surface area contributed by atoms with Gasteiger partial charge in [0.1, 0.15) is 24.0 Å². The lowest BCUT2D eigenvalue weighted by atomic mass is 9.97. The highest BCUT2D eigenvalue weighted by molar-refractivity contribution is 5.84. The smallest absolute Gasteiger partial charge is 0.207 e. The molecule has 4 aromatic rings. The molecule has 31 heavy (non-hydrogen) atoms. The first-order valence-electron chi connectivity index (χ1n) is 10.8. The molecular formula is C24H24FN3O3. The van der Waals surface area contributed by atoms with E-state index in [1.54, 1.807) is 6.07 Å². The first kappa shape index (κ1) is 18.7. The number of halogens is 1. The summed E-state index contributed by atoms with van der Waals surface area (Å²) < 4.78 is 31.6. The van der Waals surface area contributed by atoms with E-state index in [0.717, 1.165) is 35.7 Å². The van der Waals surface area contributed by atoms with Crippen molar-refractivity contribution in [3.63, 3.8) is 0 Å². The highest BCUT2D eigenvalue weighted by Gasteiger charge is 2.30. The number of rotatable bonds is 4. The normalized spacial score (nSPS) is 23.1. The number of benzene rings is 2. The predicted octanol–water partition coefficient (Wildman–Crippen LogP) is 4.82. The van der Waals surface area contributed by atoms with Gasteiger partial charge in [-0.05, 0) is 61.1 Å². The van der Waals surface area contributed by atoms with Crippen LogP contribution >= 0.6 is 0 Å². The zero-order valence-electron chi connectivity index (χ0n) is 17.3. The Morgan fingerprint density at radius 3 is 3.10 bits per heavy atom. The summed E-state index contributed by atoms with van der Waals surface area (Å²) in [5, 5.41) is 4.65. The lowest BCUT2D eigenvalue weighted by molar-refractivity contribution is 0.0888. The van der Waals surface area contributed by atoms with Crippen LogP contribution in [-0.2, 0) is 0 Å². The van der Waals surface area contributed by atoms with Crippen molar-refractivity contribution in [1.29, 1.82) is 0 Å². The van der Waals surface area contributed by atoms with Crippen molar-refractivity contribution >= 4 is 22.0 Å². The van der Waals surface area contributed by atoms with Crippen molar-refractivity contribution in [2.45, 2.75) is 44.2 Å². The number of H-pyrrole nitrogens is 1. The summed E-state index contributed by atoms with van der Waals surface area (Å²) in [6.07, 6.45) is 5.15. The molecule has 1 fully saturated rings. The van der Waals surface area contributed by atoms with Crippen LogP contribution in [0.4, 0.5) is 4.39 Å². The number of aryl methyl sites for hydroxylation is 1. The highest BCUT2D eigenvalue weighted by atomic mass is 19.1. The van der Waals surface area contributed by atoms with E-state index in [4.69, 9.17) is 13.9 Å². The van der Waals surface area contributed by atoms with Gasteiger partial charge < -0.3 is 24.2 Å². The van der Waals surface area contributed by atoms with E-state index in [-0.39, 0.29) is 11.9 Å². The zero-order chi connectivity index (χ0) is 20.9. The van der Waals surface area contributed by atoms with Crippen LogP contribution in [0.2, 0.25) is 0 Å². The van der Waals surface area contributed by atoms with Crippen molar-refractivity contribution in [2.75, 3.05) is 13.2 Å². The summed E-state index contributed by atoms with van der Waals surface area (Å²) in [5.74, 6) is 2.19. The van der Waals surface area contributed by atoms with Crippen molar-refractivity contribution in [2.24, 2.45) is 0 Å². The van der Waals surface area contributed by atoms with E-state index in [0.29, 0.717) is 48.1 Å². The minimum absolute atomic E-state index is 0.0928. The molecule has 2 aliphatic rings. The summed E-state index contributed by atoms with van der Waals surface area (Å²) in [6, 6.07) is 9.12. The fraction of sp³-hybridized carbons (Fsp3) is 0.375. The van der Waals surface area contributed by atoms with Gasteiger partial charge in [-0.25, -0.2) is 9.37 Å².